The van der Waals surface area contributed by atoms with E-state index in [1.54, 1.807) is 12.1 Å². The van der Waals surface area contributed by atoms with E-state index in [9.17, 15) is 9.90 Å². The number of benzene rings is 3. The van der Waals surface area contributed by atoms with Crippen LogP contribution in [-0.2, 0) is 0 Å². The van der Waals surface area contributed by atoms with Crippen molar-refractivity contribution in [3.63, 3.8) is 0 Å². The molecule has 0 spiro atoms. The highest BCUT2D eigenvalue weighted by Gasteiger charge is 2.19. The third kappa shape index (κ3) is 3.22. The Bertz CT molecular complexity index is 1440. The van der Waals surface area contributed by atoms with Gasteiger partial charge >= 0.3 is 0 Å². The summed E-state index contributed by atoms with van der Waals surface area (Å²) in [5.74, 6) is 0.184. The molecule has 0 aliphatic heterocycles. The van der Waals surface area contributed by atoms with Gasteiger partial charge in [0.05, 0.1) is 5.56 Å². The van der Waals surface area contributed by atoms with Gasteiger partial charge in [-0.05, 0) is 68.3 Å². The van der Waals surface area contributed by atoms with Gasteiger partial charge in [-0.25, -0.2) is 4.98 Å². The second-order valence-corrected chi connectivity index (χ2v) is 7.66. The van der Waals surface area contributed by atoms with E-state index in [0.717, 1.165) is 22.1 Å². The Hall–Kier alpha value is -4.06. The van der Waals surface area contributed by atoms with Crippen LogP contribution in [0.4, 0.5) is 5.69 Å². The van der Waals surface area contributed by atoms with Crippen molar-refractivity contribution in [2.45, 2.75) is 20.8 Å². The van der Waals surface area contributed by atoms with Gasteiger partial charge in [0.2, 0.25) is 5.89 Å². The number of carbonyl (C=O) groups excluding carboxylic acids is 1. The standard InChI is InChI=1S/C25H20N2O4/c1-13-10-19-22(11-14(13)2)31-25(27-19)18-12-16(8-9-20(18)28)26-24(29)23-15(3)17-6-4-5-7-21(17)30-23/h4-12,28H,1-3H3,(H,26,29). The van der Waals surface area contributed by atoms with Crippen LogP contribution in [0.1, 0.15) is 27.2 Å². The van der Waals surface area contributed by atoms with Crippen molar-refractivity contribution in [1.82, 2.24) is 4.98 Å². The first kappa shape index (κ1) is 18.9. The van der Waals surface area contributed by atoms with E-state index >= 15 is 0 Å². The molecule has 1 amide bonds. The minimum Gasteiger partial charge on any atom is -0.507 e. The lowest BCUT2D eigenvalue weighted by atomic mass is 10.1. The number of hydrogen-bond donors (Lipinski definition) is 2. The Balaban J connectivity index is 1.50. The van der Waals surface area contributed by atoms with Crippen LogP contribution in [0.15, 0.2) is 63.4 Å². The summed E-state index contributed by atoms with van der Waals surface area (Å²) in [6.07, 6.45) is 0. The number of phenols is 1. The molecule has 6 nitrogen and oxygen atoms in total. The fourth-order valence-corrected chi connectivity index (χ4v) is 3.66. The molecule has 0 fully saturated rings. The zero-order valence-corrected chi connectivity index (χ0v) is 17.3. The molecule has 0 aliphatic rings. The number of carbonyl (C=O) groups is 1. The van der Waals surface area contributed by atoms with Crippen LogP contribution in [0.3, 0.4) is 0 Å². The van der Waals surface area contributed by atoms with Gasteiger partial charge in [0.1, 0.15) is 16.8 Å². The van der Waals surface area contributed by atoms with Crippen molar-refractivity contribution in [2.24, 2.45) is 0 Å². The van der Waals surface area contributed by atoms with E-state index in [2.05, 4.69) is 10.3 Å². The molecule has 5 rings (SSSR count). The molecule has 3 aromatic carbocycles. The van der Waals surface area contributed by atoms with Gasteiger partial charge in [-0.3, -0.25) is 4.79 Å². The first-order valence-electron chi connectivity index (χ1n) is 9.91. The number of phenolic OH excluding ortho intramolecular Hbond substituents is 1. The number of fused-ring (bicyclic) bond motifs is 2. The third-order valence-corrected chi connectivity index (χ3v) is 5.54. The Morgan fingerprint density at radius 1 is 0.935 bits per heavy atom. The van der Waals surface area contributed by atoms with E-state index < -0.39 is 0 Å². The third-order valence-electron chi connectivity index (χ3n) is 5.54. The Morgan fingerprint density at radius 2 is 1.71 bits per heavy atom. The van der Waals surface area contributed by atoms with Crippen molar-refractivity contribution in [3.05, 3.63) is 77.0 Å². The number of rotatable bonds is 3. The van der Waals surface area contributed by atoms with Gasteiger partial charge in [-0.1, -0.05) is 18.2 Å². The Labute approximate surface area is 178 Å². The smallest absolute Gasteiger partial charge is 0.291 e. The highest BCUT2D eigenvalue weighted by Crippen LogP contribution is 2.34. The molecule has 0 saturated carbocycles. The van der Waals surface area contributed by atoms with Gasteiger partial charge < -0.3 is 19.3 Å². The Kier molecular flexibility index (Phi) is 4.29. The number of hydrogen-bond acceptors (Lipinski definition) is 5. The van der Waals surface area contributed by atoms with Crippen LogP contribution >= 0.6 is 0 Å². The molecule has 0 radical (unpaired) electrons. The molecule has 0 aliphatic carbocycles. The number of anilines is 1. The van der Waals surface area contributed by atoms with E-state index in [-0.39, 0.29) is 23.3 Å². The predicted octanol–water partition coefficient (Wildman–Crippen LogP) is 6.12. The van der Waals surface area contributed by atoms with E-state index in [1.165, 1.54) is 6.07 Å². The fraction of sp³-hybridized carbons (Fsp3) is 0.120. The van der Waals surface area contributed by atoms with Crippen molar-refractivity contribution in [1.29, 1.82) is 0 Å². The van der Waals surface area contributed by atoms with Crippen LogP contribution in [0.25, 0.3) is 33.5 Å². The number of aryl methyl sites for hydroxylation is 3. The lowest BCUT2D eigenvalue weighted by Gasteiger charge is -2.07. The van der Waals surface area contributed by atoms with E-state index in [0.29, 0.717) is 27.9 Å². The average Bonchev–Trinajstić information content (AvgIpc) is 3.31. The molecule has 0 bridgehead atoms. The quantitative estimate of drug-likeness (QED) is 0.348. The van der Waals surface area contributed by atoms with Crippen LogP contribution < -0.4 is 5.32 Å². The summed E-state index contributed by atoms with van der Waals surface area (Å²) in [4.78, 5) is 17.4. The fourth-order valence-electron chi connectivity index (χ4n) is 3.66. The van der Waals surface area contributed by atoms with Gasteiger partial charge in [-0.15, -0.1) is 0 Å². The molecule has 0 saturated heterocycles. The summed E-state index contributed by atoms with van der Waals surface area (Å²) in [7, 11) is 0. The largest absolute Gasteiger partial charge is 0.507 e. The van der Waals surface area contributed by atoms with Crippen molar-refractivity contribution in [3.8, 4) is 17.2 Å². The normalized spacial score (nSPS) is 11.3. The molecule has 154 valence electrons. The van der Waals surface area contributed by atoms with Crippen LogP contribution in [0.2, 0.25) is 0 Å². The maximum atomic E-state index is 12.8. The number of amides is 1. The van der Waals surface area contributed by atoms with Crippen molar-refractivity contribution >= 4 is 33.7 Å². The summed E-state index contributed by atoms with van der Waals surface area (Å²) in [5, 5.41) is 14.1. The minimum absolute atomic E-state index is 0.0120. The molecule has 0 unspecified atom stereocenters. The van der Waals surface area contributed by atoms with Crippen molar-refractivity contribution in [2.75, 3.05) is 5.32 Å². The lowest BCUT2D eigenvalue weighted by molar-refractivity contribution is 0.0998. The van der Waals surface area contributed by atoms with Crippen LogP contribution in [0, 0.1) is 20.8 Å². The minimum atomic E-state index is -0.367. The van der Waals surface area contributed by atoms with Gasteiger partial charge in [0, 0.05) is 16.6 Å². The zero-order valence-electron chi connectivity index (χ0n) is 17.3. The molecule has 6 heteroatoms. The molecule has 2 N–H and O–H groups in total. The number of aromatic nitrogens is 1. The number of nitrogens with zero attached hydrogens (tertiary/aromatic N) is 1. The summed E-state index contributed by atoms with van der Waals surface area (Å²) >= 11 is 0. The molecule has 0 atom stereocenters. The Morgan fingerprint density at radius 3 is 2.52 bits per heavy atom. The maximum absolute atomic E-state index is 12.8. The van der Waals surface area contributed by atoms with Crippen LogP contribution in [-0.4, -0.2) is 16.0 Å². The monoisotopic (exact) mass is 412 g/mol. The number of oxazole rings is 1. The van der Waals surface area contributed by atoms with E-state index in [4.69, 9.17) is 8.83 Å². The molecular weight excluding hydrogens is 392 g/mol. The second-order valence-electron chi connectivity index (χ2n) is 7.66. The average molecular weight is 412 g/mol. The van der Waals surface area contributed by atoms with Crippen LogP contribution in [0.5, 0.6) is 5.75 Å². The van der Waals surface area contributed by atoms with E-state index in [1.807, 2.05) is 57.2 Å². The molecule has 31 heavy (non-hydrogen) atoms. The highest BCUT2D eigenvalue weighted by atomic mass is 16.4. The second kappa shape index (κ2) is 7.02. The summed E-state index contributed by atoms with van der Waals surface area (Å²) in [5.41, 5.74) is 5.89. The molecular formula is C25H20N2O4. The number of para-hydroxylation sites is 1. The SMILES string of the molecule is Cc1cc2nc(-c3cc(NC(=O)c4oc5ccccc5c4C)ccc3O)oc2cc1C. The molecule has 5 aromatic rings. The number of furan rings is 1. The maximum Gasteiger partial charge on any atom is 0.291 e. The van der Waals surface area contributed by atoms with Gasteiger partial charge in [-0.2, -0.15) is 0 Å². The number of aromatic hydroxyl groups is 1. The lowest BCUT2D eigenvalue weighted by Crippen LogP contribution is -2.12. The predicted molar refractivity (Wildman–Crippen MR) is 119 cm³/mol. The zero-order chi connectivity index (χ0) is 21.7. The summed E-state index contributed by atoms with van der Waals surface area (Å²) < 4.78 is 11.6. The number of nitrogens with one attached hydrogen (secondary N) is 1. The summed E-state index contributed by atoms with van der Waals surface area (Å²) in [6, 6.07) is 16.1. The van der Waals surface area contributed by atoms with Gasteiger partial charge in [0.15, 0.2) is 11.3 Å². The van der Waals surface area contributed by atoms with Gasteiger partial charge in [0.25, 0.3) is 5.91 Å². The summed E-state index contributed by atoms with van der Waals surface area (Å²) in [6.45, 7) is 5.87. The van der Waals surface area contributed by atoms with Crippen molar-refractivity contribution < 1.29 is 18.7 Å². The first-order chi connectivity index (χ1) is 14.9. The highest BCUT2D eigenvalue weighted by molar-refractivity contribution is 6.06. The topological polar surface area (TPSA) is 88.5 Å². The molecule has 2 heterocycles. The first-order valence-corrected chi connectivity index (χ1v) is 9.91. The molecule has 2 aromatic heterocycles.